The summed E-state index contributed by atoms with van der Waals surface area (Å²) in [7, 11) is 0. The lowest BCUT2D eigenvalue weighted by Gasteiger charge is -2.27. The molecule has 5 nitrogen and oxygen atoms in total. The van der Waals surface area contributed by atoms with E-state index in [1.54, 1.807) is 12.1 Å². The van der Waals surface area contributed by atoms with E-state index in [2.05, 4.69) is 21.2 Å². The molecule has 0 aromatic heterocycles. The number of piperidine rings is 1. The van der Waals surface area contributed by atoms with Gasteiger partial charge in [-0.15, -0.1) is 0 Å². The third kappa shape index (κ3) is 4.93. The van der Waals surface area contributed by atoms with Crippen LogP contribution >= 0.6 is 15.9 Å². The molecule has 3 rings (SSSR count). The van der Waals surface area contributed by atoms with Gasteiger partial charge in [-0.3, -0.25) is 9.59 Å². The van der Waals surface area contributed by atoms with Crippen LogP contribution in [0, 0.1) is 13.8 Å². The quantitative estimate of drug-likeness (QED) is 0.726. The number of para-hydroxylation sites is 1. The summed E-state index contributed by atoms with van der Waals surface area (Å²) in [5, 5.41) is 2.82. The molecule has 1 N–H and O–H groups in total. The second kappa shape index (κ2) is 9.24. The van der Waals surface area contributed by atoms with Crippen LogP contribution in [0.1, 0.15) is 40.7 Å². The van der Waals surface area contributed by atoms with Crippen LogP contribution < -0.4 is 10.1 Å². The second-order valence-corrected chi connectivity index (χ2v) is 7.90. The first-order valence-electron chi connectivity index (χ1n) is 9.53. The van der Waals surface area contributed by atoms with Crippen molar-refractivity contribution in [2.45, 2.75) is 33.1 Å². The molecule has 0 bridgehead atoms. The minimum atomic E-state index is -0.294. The van der Waals surface area contributed by atoms with Crippen LogP contribution in [0.2, 0.25) is 0 Å². The molecule has 0 spiro atoms. The van der Waals surface area contributed by atoms with Gasteiger partial charge in [0.1, 0.15) is 5.75 Å². The highest BCUT2D eigenvalue weighted by atomic mass is 79.9. The van der Waals surface area contributed by atoms with Crippen molar-refractivity contribution >= 4 is 33.4 Å². The Morgan fingerprint density at radius 1 is 1.07 bits per heavy atom. The minimum absolute atomic E-state index is 0.0318. The number of nitrogens with zero attached hydrogens (tertiary/aromatic N) is 1. The number of hydrogen-bond donors (Lipinski definition) is 1. The maximum Gasteiger partial charge on any atom is 0.262 e. The molecular formula is C22H25BrN2O3. The number of carbonyl (C=O) groups excluding carboxylic acids is 2. The van der Waals surface area contributed by atoms with Gasteiger partial charge in [-0.2, -0.15) is 0 Å². The molecule has 1 heterocycles. The molecule has 0 unspecified atom stereocenters. The number of nitrogens with one attached hydrogen (secondary N) is 1. The molecular weight excluding hydrogens is 420 g/mol. The summed E-state index contributed by atoms with van der Waals surface area (Å²) in [5.74, 6) is 0.318. The van der Waals surface area contributed by atoms with Gasteiger partial charge in [0.2, 0.25) is 0 Å². The third-order valence-electron chi connectivity index (χ3n) is 4.85. The molecule has 2 aromatic rings. The first-order valence-corrected chi connectivity index (χ1v) is 10.3. The zero-order chi connectivity index (χ0) is 20.1. The Labute approximate surface area is 174 Å². The molecule has 1 saturated heterocycles. The lowest BCUT2D eigenvalue weighted by molar-refractivity contribution is -0.118. The highest BCUT2D eigenvalue weighted by molar-refractivity contribution is 9.10. The minimum Gasteiger partial charge on any atom is -0.484 e. The molecule has 6 heteroatoms. The van der Waals surface area contributed by atoms with E-state index in [-0.39, 0.29) is 18.4 Å². The van der Waals surface area contributed by atoms with E-state index in [9.17, 15) is 9.59 Å². The molecule has 2 amide bonds. The number of anilines is 1. The van der Waals surface area contributed by atoms with Crippen LogP contribution in [-0.4, -0.2) is 36.4 Å². The summed E-state index contributed by atoms with van der Waals surface area (Å²) in [6.07, 6.45) is 3.22. The maximum atomic E-state index is 12.8. The number of carbonyl (C=O) groups is 2. The number of aryl methyl sites for hydroxylation is 2. The Morgan fingerprint density at radius 3 is 2.39 bits per heavy atom. The van der Waals surface area contributed by atoms with Gasteiger partial charge in [0.25, 0.3) is 11.8 Å². The van der Waals surface area contributed by atoms with Crippen LogP contribution in [0.5, 0.6) is 5.75 Å². The predicted molar refractivity (Wildman–Crippen MR) is 114 cm³/mol. The molecule has 0 saturated carbocycles. The van der Waals surface area contributed by atoms with Crippen molar-refractivity contribution in [3.8, 4) is 5.75 Å². The Bertz CT molecular complexity index is 853. The topological polar surface area (TPSA) is 58.6 Å². The number of benzene rings is 2. The van der Waals surface area contributed by atoms with Crippen molar-refractivity contribution < 1.29 is 14.3 Å². The number of hydrogen-bond acceptors (Lipinski definition) is 3. The molecule has 28 heavy (non-hydrogen) atoms. The summed E-state index contributed by atoms with van der Waals surface area (Å²) in [5.41, 5.74) is 3.14. The maximum absolute atomic E-state index is 12.8. The van der Waals surface area contributed by atoms with Crippen LogP contribution in [0.4, 0.5) is 5.69 Å². The first kappa shape index (κ1) is 20.4. The molecule has 148 valence electrons. The van der Waals surface area contributed by atoms with Crippen LogP contribution in [0.3, 0.4) is 0 Å². The highest BCUT2D eigenvalue weighted by Gasteiger charge is 2.21. The molecule has 2 aromatic carbocycles. The van der Waals surface area contributed by atoms with E-state index in [1.165, 1.54) is 0 Å². The number of amides is 2. The highest BCUT2D eigenvalue weighted by Crippen LogP contribution is 2.26. The lowest BCUT2D eigenvalue weighted by atomic mass is 10.1. The molecule has 0 atom stereocenters. The van der Waals surface area contributed by atoms with Gasteiger partial charge in [-0.05, 0) is 68.5 Å². The number of ether oxygens (including phenoxy) is 1. The number of likely N-dealkylation sites (tertiary alicyclic amines) is 1. The van der Waals surface area contributed by atoms with Crippen molar-refractivity contribution in [1.29, 1.82) is 0 Å². The van der Waals surface area contributed by atoms with Gasteiger partial charge in [0.15, 0.2) is 6.61 Å². The second-order valence-electron chi connectivity index (χ2n) is 7.11. The zero-order valence-corrected chi connectivity index (χ0v) is 17.8. The first-order chi connectivity index (χ1) is 13.5. The summed E-state index contributed by atoms with van der Waals surface area (Å²) in [6.45, 7) is 5.38. The van der Waals surface area contributed by atoms with E-state index in [0.29, 0.717) is 17.0 Å². The van der Waals surface area contributed by atoms with Gasteiger partial charge in [0, 0.05) is 17.6 Å². The Kier molecular flexibility index (Phi) is 6.73. The van der Waals surface area contributed by atoms with Crippen LogP contribution in [0.15, 0.2) is 40.9 Å². The zero-order valence-electron chi connectivity index (χ0n) is 16.3. The molecule has 0 aliphatic carbocycles. The van der Waals surface area contributed by atoms with Crippen LogP contribution in [-0.2, 0) is 4.79 Å². The molecule has 1 aliphatic heterocycles. The normalized spacial score (nSPS) is 13.9. The Balaban J connectivity index is 1.65. The van der Waals surface area contributed by atoms with Crippen molar-refractivity contribution in [1.82, 2.24) is 4.90 Å². The average Bonchev–Trinajstić information content (AvgIpc) is 2.71. The summed E-state index contributed by atoms with van der Waals surface area (Å²) < 4.78 is 6.68. The van der Waals surface area contributed by atoms with Crippen molar-refractivity contribution in [2.75, 3.05) is 25.0 Å². The largest absolute Gasteiger partial charge is 0.484 e. The standard InChI is InChI=1S/C22H25BrN2O3/c1-15-12-17(13-16(2)21(15)23)28-14-20(26)24-19-9-5-4-8-18(19)22(27)25-10-6-3-7-11-25/h4-5,8-9,12-13H,3,6-7,10-11,14H2,1-2H3,(H,24,26). The van der Waals surface area contributed by atoms with E-state index < -0.39 is 0 Å². The van der Waals surface area contributed by atoms with Gasteiger partial charge in [-0.25, -0.2) is 0 Å². The van der Waals surface area contributed by atoms with Crippen molar-refractivity contribution in [2.24, 2.45) is 0 Å². The summed E-state index contributed by atoms with van der Waals surface area (Å²) in [6, 6.07) is 10.9. The summed E-state index contributed by atoms with van der Waals surface area (Å²) >= 11 is 3.52. The van der Waals surface area contributed by atoms with Gasteiger partial charge >= 0.3 is 0 Å². The van der Waals surface area contributed by atoms with Gasteiger partial charge in [0.05, 0.1) is 11.3 Å². The third-order valence-corrected chi connectivity index (χ3v) is 6.11. The fraction of sp³-hybridized carbons (Fsp3) is 0.364. The monoisotopic (exact) mass is 444 g/mol. The van der Waals surface area contributed by atoms with Crippen molar-refractivity contribution in [3.05, 3.63) is 57.6 Å². The number of rotatable bonds is 5. The average molecular weight is 445 g/mol. The Morgan fingerprint density at radius 2 is 1.71 bits per heavy atom. The van der Waals surface area contributed by atoms with Crippen molar-refractivity contribution in [3.63, 3.8) is 0 Å². The lowest BCUT2D eigenvalue weighted by Crippen LogP contribution is -2.36. The fourth-order valence-corrected chi connectivity index (χ4v) is 3.60. The van der Waals surface area contributed by atoms with E-state index in [0.717, 1.165) is 48.0 Å². The molecule has 0 radical (unpaired) electrons. The van der Waals surface area contributed by atoms with E-state index >= 15 is 0 Å². The van der Waals surface area contributed by atoms with Gasteiger partial charge < -0.3 is 15.0 Å². The predicted octanol–water partition coefficient (Wildman–Crippen LogP) is 4.71. The van der Waals surface area contributed by atoms with E-state index in [1.807, 2.05) is 43.0 Å². The van der Waals surface area contributed by atoms with Gasteiger partial charge in [-0.1, -0.05) is 28.1 Å². The molecule has 1 fully saturated rings. The summed E-state index contributed by atoms with van der Waals surface area (Å²) in [4.78, 5) is 27.1. The fourth-order valence-electron chi connectivity index (χ4n) is 3.37. The smallest absolute Gasteiger partial charge is 0.262 e. The Hall–Kier alpha value is -2.34. The van der Waals surface area contributed by atoms with Crippen LogP contribution in [0.25, 0.3) is 0 Å². The number of halogens is 1. The SMILES string of the molecule is Cc1cc(OCC(=O)Nc2ccccc2C(=O)N2CCCCC2)cc(C)c1Br. The van der Waals surface area contributed by atoms with E-state index in [4.69, 9.17) is 4.74 Å². The molecule has 1 aliphatic rings.